The fourth-order valence-electron chi connectivity index (χ4n) is 0.988. The molecule has 0 saturated carbocycles. The molecule has 0 aromatic heterocycles. The van der Waals surface area contributed by atoms with E-state index in [2.05, 4.69) is 10.6 Å². The molecule has 4 N–H and O–H groups in total. The lowest BCUT2D eigenvalue weighted by Crippen LogP contribution is -2.38. The molecule has 1 unspecified atom stereocenters. The first-order valence-corrected chi connectivity index (χ1v) is 6.09. The maximum Gasteiger partial charge on any atom is 0.229 e. The zero-order chi connectivity index (χ0) is 13.4. The van der Waals surface area contributed by atoms with E-state index in [-0.39, 0.29) is 23.2 Å². The summed E-state index contributed by atoms with van der Waals surface area (Å²) in [5, 5.41) is 5.38. The van der Waals surface area contributed by atoms with Gasteiger partial charge in [-0.1, -0.05) is 26.1 Å². The van der Waals surface area contributed by atoms with Crippen molar-refractivity contribution < 1.29 is 9.59 Å². The highest BCUT2D eigenvalue weighted by Gasteiger charge is 2.14. The van der Waals surface area contributed by atoms with Crippen LogP contribution in [0.15, 0.2) is 0 Å². The van der Waals surface area contributed by atoms with Crippen LogP contribution in [0.4, 0.5) is 0 Å². The molecule has 17 heavy (non-hydrogen) atoms. The average molecular weight is 259 g/mol. The Hall–Kier alpha value is -1.17. The van der Waals surface area contributed by atoms with Gasteiger partial charge in [0.15, 0.2) is 0 Å². The molecule has 0 aromatic carbocycles. The van der Waals surface area contributed by atoms with E-state index in [1.165, 1.54) is 0 Å². The Morgan fingerprint density at radius 1 is 1.24 bits per heavy atom. The second-order valence-corrected chi connectivity index (χ2v) is 4.83. The molecule has 0 aliphatic heterocycles. The molecule has 5 nitrogen and oxygen atoms in total. The van der Waals surface area contributed by atoms with Gasteiger partial charge in [-0.25, -0.2) is 0 Å². The number of amides is 2. The van der Waals surface area contributed by atoms with Gasteiger partial charge in [0, 0.05) is 19.5 Å². The van der Waals surface area contributed by atoms with Crippen molar-refractivity contribution in [2.24, 2.45) is 17.6 Å². The summed E-state index contributed by atoms with van der Waals surface area (Å²) in [4.78, 5) is 22.9. The third kappa shape index (κ3) is 7.68. The topological polar surface area (TPSA) is 84.2 Å². The predicted molar refractivity (Wildman–Crippen MR) is 71.4 cm³/mol. The molecule has 0 saturated heterocycles. The van der Waals surface area contributed by atoms with Crippen molar-refractivity contribution in [3.8, 4) is 0 Å². The molecule has 0 heterocycles. The first-order chi connectivity index (χ1) is 7.84. The van der Waals surface area contributed by atoms with Crippen molar-refractivity contribution >= 4 is 29.0 Å². The molecule has 0 bridgehead atoms. The molecule has 0 radical (unpaired) electrons. The first-order valence-electron chi connectivity index (χ1n) is 5.68. The zero-order valence-corrected chi connectivity index (χ0v) is 11.4. The maximum absolute atomic E-state index is 11.4. The summed E-state index contributed by atoms with van der Waals surface area (Å²) in [5.41, 5.74) is 5.34. The second-order valence-electron chi connectivity index (χ2n) is 4.36. The van der Waals surface area contributed by atoms with E-state index in [0.29, 0.717) is 19.0 Å². The minimum absolute atomic E-state index is 0.0676. The van der Waals surface area contributed by atoms with E-state index in [9.17, 15) is 9.59 Å². The summed E-state index contributed by atoms with van der Waals surface area (Å²) >= 11 is 4.70. The van der Waals surface area contributed by atoms with Crippen LogP contribution in [0.2, 0.25) is 0 Å². The van der Waals surface area contributed by atoms with Gasteiger partial charge < -0.3 is 16.4 Å². The normalized spacial score (nSPS) is 12.0. The van der Waals surface area contributed by atoms with Crippen LogP contribution in [-0.2, 0) is 9.59 Å². The third-order valence-corrected chi connectivity index (χ3v) is 2.53. The predicted octanol–water partition coefficient (Wildman–Crippen LogP) is 0.187. The number of hydrogen-bond donors (Lipinski definition) is 3. The molecule has 6 heteroatoms. The Labute approximate surface area is 108 Å². The van der Waals surface area contributed by atoms with Crippen LogP contribution in [0.25, 0.3) is 0 Å². The number of rotatable bonds is 7. The Balaban J connectivity index is 3.73. The highest BCUT2D eigenvalue weighted by molar-refractivity contribution is 7.80. The van der Waals surface area contributed by atoms with E-state index in [4.69, 9.17) is 18.0 Å². The highest BCUT2D eigenvalue weighted by atomic mass is 32.1. The van der Waals surface area contributed by atoms with E-state index in [1.807, 2.05) is 13.8 Å². The lowest BCUT2D eigenvalue weighted by Gasteiger charge is -2.11. The van der Waals surface area contributed by atoms with Crippen molar-refractivity contribution in [1.29, 1.82) is 0 Å². The van der Waals surface area contributed by atoms with Gasteiger partial charge in [0.1, 0.15) is 0 Å². The summed E-state index contributed by atoms with van der Waals surface area (Å²) < 4.78 is 0. The average Bonchev–Trinajstić information content (AvgIpc) is 2.24. The molecule has 98 valence electrons. The Morgan fingerprint density at radius 2 is 1.82 bits per heavy atom. The van der Waals surface area contributed by atoms with Gasteiger partial charge in [-0.2, -0.15) is 0 Å². The number of nitrogens with one attached hydrogen (secondary N) is 2. The zero-order valence-electron chi connectivity index (χ0n) is 10.6. The molecular weight excluding hydrogens is 238 g/mol. The molecular formula is C11H21N3O2S. The fourth-order valence-corrected chi connectivity index (χ4v) is 1.09. The lowest BCUT2D eigenvalue weighted by molar-refractivity contribution is -0.123. The van der Waals surface area contributed by atoms with Gasteiger partial charge in [0.25, 0.3) is 0 Å². The van der Waals surface area contributed by atoms with Crippen molar-refractivity contribution in [1.82, 2.24) is 10.6 Å². The van der Waals surface area contributed by atoms with Crippen LogP contribution in [0.5, 0.6) is 0 Å². The Bertz CT molecular complexity index is 292. The molecule has 0 aromatic rings. The quantitative estimate of drug-likeness (QED) is 0.570. The standard InChI is InChI=1S/C11H21N3O2S/c1-7(2)6-14-9(15)4-5-13-11(16)8(3)10(12)17/h7-8H,4-6H2,1-3H3,(H2,12,17)(H,13,16)(H,14,15). The number of hydrogen-bond acceptors (Lipinski definition) is 3. The van der Waals surface area contributed by atoms with Gasteiger partial charge in [-0.05, 0) is 12.8 Å². The van der Waals surface area contributed by atoms with Gasteiger partial charge in [-0.15, -0.1) is 0 Å². The minimum atomic E-state index is -0.497. The van der Waals surface area contributed by atoms with Crippen LogP contribution in [0.1, 0.15) is 27.2 Å². The molecule has 2 amide bonds. The molecule has 0 aliphatic rings. The Morgan fingerprint density at radius 3 is 2.29 bits per heavy atom. The van der Waals surface area contributed by atoms with E-state index in [1.54, 1.807) is 6.92 Å². The highest BCUT2D eigenvalue weighted by Crippen LogP contribution is 1.94. The van der Waals surface area contributed by atoms with Crippen LogP contribution < -0.4 is 16.4 Å². The molecule has 1 atom stereocenters. The van der Waals surface area contributed by atoms with E-state index >= 15 is 0 Å². The van der Waals surface area contributed by atoms with Crippen LogP contribution in [0.3, 0.4) is 0 Å². The first kappa shape index (κ1) is 15.8. The molecule has 0 rings (SSSR count). The molecule has 0 spiro atoms. The third-order valence-electron chi connectivity index (χ3n) is 2.18. The SMILES string of the molecule is CC(C)CNC(=O)CCNC(=O)C(C)C(N)=S. The van der Waals surface area contributed by atoms with Gasteiger partial charge in [0.05, 0.1) is 10.9 Å². The van der Waals surface area contributed by atoms with Crippen LogP contribution >= 0.6 is 12.2 Å². The number of thiocarbonyl (C=S) groups is 1. The van der Waals surface area contributed by atoms with E-state index < -0.39 is 5.92 Å². The Kier molecular flexibility index (Phi) is 7.45. The van der Waals surface area contributed by atoms with Crippen molar-refractivity contribution in [3.63, 3.8) is 0 Å². The van der Waals surface area contributed by atoms with Crippen molar-refractivity contribution in [2.45, 2.75) is 27.2 Å². The minimum Gasteiger partial charge on any atom is -0.393 e. The fraction of sp³-hybridized carbons (Fsp3) is 0.727. The summed E-state index contributed by atoms with van der Waals surface area (Å²) in [6, 6.07) is 0. The summed E-state index contributed by atoms with van der Waals surface area (Å²) in [7, 11) is 0. The number of carbonyl (C=O) groups excluding carboxylic acids is 2. The summed E-state index contributed by atoms with van der Waals surface area (Å²) in [6.07, 6.45) is 0.266. The summed E-state index contributed by atoms with van der Waals surface area (Å²) in [6.45, 7) is 6.63. The van der Waals surface area contributed by atoms with Crippen LogP contribution in [0, 0.1) is 11.8 Å². The van der Waals surface area contributed by atoms with Gasteiger partial charge >= 0.3 is 0 Å². The smallest absolute Gasteiger partial charge is 0.229 e. The molecule has 0 aliphatic carbocycles. The van der Waals surface area contributed by atoms with Crippen molar-refractivity contribution in [2.75, 3.05) is 13.1 Å². The van der Waals surface area contributed by atoms with Gasteiger partial charge in [0.2, 0.25) is 11.8 Å². The monoisotopic (exact) mass is 259 g/mol. The lowest BCUT2D eigenvalue weighted by atomic mass is 10.1. The number of nitrogens with two attached hydrogens (primary N) is 1. The number of carbonyl (C=O) groups is 2. The maximum atomic E-state index is 11.4. The van der Waals surface area contributed by atoms with Crippen molar-refractivity contribution in [3.05, 3.63) is 0 Å². The largest absolute Gasteiger partial charge is 0.393 e. The molecule has 0 fully saturated rings. The van der Waals surface area contributed by atoms with Gasteiger partial charge in [-0.3, -0.25) is 9.59 Å². The van der Waals surface area contributed by atoms with Crippen LogP contribution in [-0.4, -0.2) is 29.9 Å². The summed E-state index contributed by atoms with van der Waals surface area (Å²) in [5.74, 6) is -0.386. The van der Waals surface area contributed by atoms with E-state index in [0.717, 1.165) is 0 Å². The second kappa shape index (κ2) is 8.00.